The van der Waals surface area contributed by atoms with Gasteiger partial charge in [0.2, 0.25) is 5.91 Å². The highest BCUT2D eigenvalue weighted by Crippen LogP contribution is 2.33. The van der Waals surface area contributed by atoms with Crippen molar-refractivity contribution < 1.29 is 14.7 Å². The minimum Gasteiger partial charge on any atom is -0.489 e. The van der Waals surface area contributed by atoms with E-state index in [0.29, 0.717) is 13.0 Å². The molecule has 0 unspecified atom stereocenters. The third-order valence-corrected chi connectivity index (χ3v) is 5.45. The molecule has 1 aliphatic carbocycles. The molecule has 0 radical (unpaired) electrons. The minimum absolute atomic E-state index is 0.253. The highest BCUT2D eigenvalue weighted by molar-refractivity contribution is 5.82. The van der Waals surface area contributed by atoms with Crippen LogP contribution in [0.4, 0.5) is 0 Å². The number of hydrogen-bond donors (Lipinski definition) is 2. The van der Waals surface area contributed by atoms with E-state index in [1.807, 2.05) is 49.4 Å². The molecule has 1 heterocycles. The summed E-state index contributed by atoms with van der Waals surface area (Å²) in [7, 11) is 0. The van der Waals surface area contributed by atoms with Crippen molar-refractivity contribution in [1.82, 2.24) is 10.5 Å². The average Bonchev–Trinajstić information content (AvgIpc) is 2.77. The smallest absolute Gasteiger partial charge is 0.250 e. The quantitative estimate of drug-likeness (QED) is 0.378. The molecule has 0 spiro atoms. The average molecular weight is 388 g/mol. The van der Waals surface area contributed by atoms with Gasteiger partial charge in [0.25, 0.3) is 0 Å². The van der Waals surface area contributed by atoms with Gasteiger partial charge in [0, 0.05) is 16.6 Å². The van der Waals surface area contributed by atoms with Gasteiger partial charge in [-0.3, -0.25) is 15.0 Å². The Morgan fingerprint density at radius 3 is 2.79 bits per heavy atom. The number of aryl methyl sites for hydroxylation is 1. The van der Waals surface area contributed by atoms with Crippen LogP contribution in [0.2, 0.25) is 0 Å². The molecule has 29 heavy (non-hydrogen) atoms. The Balaban J connectivity index is 1.44. The molecule has 148 valence electrons. The van der Waals surface area contributed by atoms with Crippen LogP contribution in [0.25, 0.3) is 10.9 Å². The molecule has 2 N–H and O–H groups in total. The Hall–Kier alpha value is -3.18. The number of fused-ring (bicyclic) bond motifs is 1. The molecule has 1 amide bonds. The van der Waals surface area contributed by atoms with Gasteiger partial charge in [-0.1, -0.05) is 42.5 Å². The summed E-state index contributed by atoms with van der Waals surface area (Å²) in [6.45, 7) is 2.47. The molecule has 2 atom stereocenters. The summed E-state index contributed by atoms with van der Waals surface area (Å²) in [5.41, 5.74) is 5.99. The molecule has 0 saturated carbocycles. The summed E-state index contributed by atoms with van der Waals surface area (Å²) in [6, 6.07) is 18.2. The first-order valence-corrected chi connectivity index (χ1v) is 9.82. The number of pyridine rings is 1. The Labute approximate surface area is 170 Å². The van der Waals surface area contributed by atoms with E-state index in [4.69, 9.17) is 9.94 Å². The number of allylic oxidation sites excluding steroid dienone is 1. The summed E-state index contributed by atoms with van der Waals surface area (Å²) in [5, 5.41) is 9.97. The number of carbonyl (C=O) groups excluding carboxylic acids is 1. The van der Waals surface area contributed by atoms with Gasteiger partial charge in [-0.05, 0) is 55.5 Å². The molecular weight excluding hydrogens is 364 g/mol. The predicted octanol–water partition coefficient (Wildman–Crippen LogP) is 4.68. The van der Waals surface area contributed by atoms with Crippen LogP contribution in [0.15, 0.2) is 66.7 Å². The first-order valence-electron chi connectivity index (χ1n) is 9.82. The largest absolute Gasteiger partial charge is 0.489 e. The van der Waals surface area contributed by atoms with Gasteiger partial charge in [0.1, 0.15) is 12.4 Å². The van der Waals surface area contributed by atoms with E-state index in [1.54, 1.807) is 5.48 Å². The van der Waals surface area contributed by atoms with Gasteiger partial charge in [0.05, 0.1) is 11.4 Å². The summed E-state index contributed by atoms with van der Waals surface area (Å²) in [4.78, 5) is 16.3. The fraction of sp³-hybridized carbons (Fsp3) is 0.250. The first kappa shape index (κ1) is 19.2. The van der Waals surface area contributed by atoms with Crippen LogP contribution < -0.4 is 10.2 Å². The van der Waals surface area contributed by atoms with E-state index in [2.05, 4.69) is 29.2 Å². The van der Waals surface area contributed by atoms with Crippen molar-refractivity contribution in [2.75, 3.05) is 0 Å². The summed E-state index contributed by atoms with van der Waals surface area (Å²) in [6.07, 6.45) is 5.44. The monoisotopic (exact) mass is 388 g/mol. The second kappa shape index (κ2) is 8.45. The van der Waals surface area contributed by atoms with Crippen molar-refractivity contribution in [3.63, 3.8) is 0 Å². The van der Waals surface area contributed by atoms with Crippen molar-refractivity contribution in [2.24, 2.45) is 5.92 Å². The lowest BCUT2D eigenvalue weighted by Crippen LogP contribution is -2.29. The van der Waals surface area contributed by atoms with Gasteiger partial charge >= 0.3 is 0 Å². The summed E-state index contributed by atoms with van der Waals surface area (Å²) < 4.78 is 6.04. The van der Waals surface area contributed by atoms with Crippen LogP contribution in [0, 0.1) is 12.8 Å². The van der Waals surface area contributed by atoms with Crippen LogP contribution in [0.5, 0.6) is 5.75 Å². The predicted molar refractivity (Wildman–Crippen MR) is 112 cm³/mol. The maximum atomic E-state index is 11.7. The second-order valence-corrected chi connectivity index (χ2v) is 7.48. The molecule has 1 aromatic heterocycles. The SMILES string of the molecule is Cc1cc(COc2ccc([C@@H]3CC=C[C@H](C(=O)NO)C3)cc2)c2ccccc2n1. The number of carbonyl (C=O) groups is 1. The van der Waals surface area contributed by atoms with E-state index < -0.39 is 0 Å². The number of nitrogens with one attached hydrogen (secondary N) is 1. The van der Waals surface area contributed by atoms with Crippen LogP contribution in [-0.2, 0) is 11.4 Å². The topological polar surface area (TPSA) is 71.5 Å². The zero-order valence-corrected chi connectivity index (χ0v) is 16.3. The van der Waals surface area contributed by atoms with Crippen molar-refractivity contribution in [1.29, 1.82) is 0 Å². The van der Waals surface area contributed by atoms with Gasteiger partial charge in [-0.2, -0.15) is 0 Å². The van der Waals surface area contributed by atoms with E-state index in [-0.39, 0.29) is 17.7 Å². The number of ether oxygens (including phenoxy) is 1. The lowest BCUT2D eigenvalue weighted by Gasteiger charge is -2.24. The maximum absolute atomic E-state index is 11.7. The van der Waals surface area contributed by atoms with Crippen LogP contribution in [-0.4, -0.2) is 16.1 Å². The minimum atomic E-state index is -0.356. The Bertz CT molecular complexity index is 1040. The molecule has 1 aliphatic rings. The highest BCUT2D eigenvalue weighted by Gasteiger charge is 2.24. The van der Waals surface area contributed by atoms with Crippen molar-refractivity contribution >= 4 is 16.8 Å². The number of benzene rings is 2. The fourth-order valence-electron chi connectivity index (χ4n) is 3.95. The maximum Gasteiger partial charge on any atom is 0.250 e. The zero-order chi connectivity index (χ0) is 20.2. The normalized spacial score (nSPS) is 18.6. The third-order valence-electron chi connectivity index (χ3n) is 5.45. The third kappa shape index (κ3) is 4.30. The van der Waals surface area contributed by atoms with Crippen molar-refractivity contribution in [2.45, 2.75) is 32.3 Å². The van der Waals surface area contributed by atoms with Crippen LogP contribution in [0.3, 0.4) is 0 Å². The molecule has 2 aromatic carbocycles. The van der Waals surface area contributed by atoms with Gasteiger partial charge in [0.15, 0.2) is 0 Å². The number of nitrogens with zero attached hydrogens (tertiary/aromatic N) is 1. The van der Waals surface area contributed by atoms with E-state index in [9.17, 15) is 4.79 Å². The Morgan fingerprint density at radius 2 is 2.00 bits per heavy atom. The van der Waals surface area contributed by atoms with Gasteiger partial charge in [-0.25, -0.2) is 5.48 Å². The lowest BCUT2D eigenvalue weighted by molar-refractivity contribution is -0.132. The fourth-order valence-corrected chi connectivity index (χ4v) is 3.95. The first-order chi connectivity index (χ1) is 14.1. The number of hydroxylamine groups is 1. The highest BCUT2D eigenvalue weighted by atomic mass is 16.5. The van der Waals surface area contributed by atoms with Crippen molar-refractivity contribution in [3.05, 3.63) is 83.6 Å². The molecule has 0 fully saturated rings. The molecule has 0 saturated heterocycles. The Kier molecular flexibility index (Phi) is 5.58. The molecule has 5 nitrogen and oxygen atoms in total. The number of amides is 1. The molecule has 5 heteroatoms. The molecule has 0 aliphatic heterocycles. The van der Waals surface area contributed by atoms with E-state index >= 15 is 0 Å². The molecule has 4 rings (SSSR count). The Morgan fingerprint density at radius 1 is 1.21 bits per heavy atom. The van der Waals surface area contributed by atoms with E-state index in [1.165, 1.54) is 5.56 Å². The molecule has 3 aromatic rings. The zero-order valence-electron chi connectivity index (χ0n) is 16.3. The summed E-state index contributed by atoms with van der Waals surface area (Å²) in [5.74, 6) is 0.412. The van der Waals surface area contributed by atoms with Crippen molar-refractivity contribution in [3.8, 4) is 5.75 Å². The number of rotatable bonds is 5. The van der Waals surface area contributed by atoms with E-state index in [0.717, 1.165) is 34.3 Å². The number of hydrogen-bond acceptors (Lipinski definition) is 4. The van der Waals surface area contributed by atoms with Gasteiger partial charge in [-0.15, -0.1) is 0 Å². The lowest BCUT2D eigenvalue weighted by atomic mass is 9.82. The number of para-hydroxylation sites is 1. The molecule has 0 bridgehead atoms. The second-order valence-electron chi connectivity index (χ2n) is 7.48. The standard InChI is InChI=1S/C24H24N2O3/c1-16-13-20(22-7-2-3-8-23(22)25-16)15-29-21-11-9-17(10-12-21)18-5-4-6-19(14-18)24(27)26-28/h2-4,6-13,18-19,28H,5,14-15H2,1H3,(H,26,27)/t18-,19+/m1/s1. The van der Waals surface area contributed by atoms with Crippen LogP contribution in [0.1, 0.15) is 35.6 Å². The molecular formula is C24H24N2O3. The summed E-state index contributed by atoms with van der Waals surface area (Å²) >= 11 is 0. The van der Waals surface area contributed by atoms with Gasteiger partial charge < -0.3 is 4.74 Å². The van der Waals surface area contributed by atoms with Crippen LogP contribution >= 0.6 is 0 Å². The number of aromatic nitrogens is 1.